The molecule has 52 heavy (non-hydrogen) atoms. The Morgan fingerprint density at radius 3 is 2.31 bits per heavy atom. The molecule has 2 aliphatic rings. The third kappa shape index (κ3) is 9.93. The Morgan fingerprint density at radius 2 is 1.75 bits per heavy atom. The fraction of sp³-hybridized carbons (Fsp3) is 0.500. The highest BCUT2D eigenvalue weighted by Gasteiger charge is 2.47. The van der Waals surface area contributed by atoms with Gasteiger partial charge in [0.25, 0.3) is 5.91 Å². The number of benzene rings is 1. The van der Waals surface area contributed by atoms with Crippen LogP contribution in [0.15, 0.2) is 48.7 Å². The van der Waals surface area contributed by atoms with Gasteiger partial charge in [0.1, 0.15) is 40.9 Å². The zero-order valence-electron chi connectivity index (χ0n) is 29.4. The lowest BCUT2D eigenvalue weighted by Crippen LogP contribution is -2.58. The van der Waals surface area contributed by atoms with Crippen LogP contribution < -0.4 is 20.1 Å². The van der Waals surface area contributed by atoms with E-state index >= 15 is 0 Å². The van der Waals surface area contributed by atoms with Gasteiger partial charge in [-0.15, -0.1) is 0 Å². The van der Waals surface area contributed by atoms with E-state index < -0.39 is 85.9 Å². The van der Waals surface area contributed by atoms with Crippen molar-refractivity contribution in [3.05, 3.63) is 59.4 Å². The molecule has 0 bridgehead atoms. The number of para-hydroxylation sites is 1. The van der Waals surface area contributed by atoms with Gasteiger partial charge in [0.2, 0.25) is 21.8 Å². The molecular weight excluding hydrogens is 731 g/mol. The van der Waals surface area contributed by atoms with Crippen LogP contribution in [0.25, 0.3) is 10.9 Å². The first-order valence-corrected chi connectivity index (χ1v) is 18.2. The number of amides is 4. The normalized spacial score (nSPS) is 19.1. The summed E-state index contributed by atoms with van der Waals surface area (Å²) in [4.78, 5) is 58.8. The molecule has 3 atom stereocenters. The first-order valence-electron chi connectivity index (χ1n) is 16.2. The quantitative estimate of drug-likeness (QED) is 0.222. The number of sulfonamides is 1. The molecule has 2 fully saturated rings. The van der Waals surface area contributed by atoms with Gasteiger partial charge >= 0.3 is 12.3 Å². The summed E-state index contributed by atoms with van der Waals surface area (Å²) in [5.41, 5.74) is -3.85. The second-order valence-electron chi connectivity index (χ2n) is 14.5. The zero-order valence-corrected chi connectivity index (χ0v) is 31.0. The molecule has 4 amide bonds. The van der Waals surface area contributed by atoms with E-state index in [9.17, 15) is 40.8 Å². The van der Waals surface area contributed by atoms with E-state index in [4.69, 9.17) is 21.1 Å². The van der Waals surface area contributed by atoms with Crippen molar-refractivity contribution >= 4 is 56.3 Å². The molecule has 18 heteroatoms. The number of nitrogens with one attached hydrogen (secondary N) is 3. The standard InChI is InChI=1S/C34H41ClF3N5O8S/c1-8-10-22(28(44)42-52(48,49)19-13-14-19)39-29(45)23-15-18(17-43(23)30(46)27(32(2,3)4)41-31(47)51-33(5,6)7)50-24-16-25(34(36,37)38)40-26-20(24)11-9-12-21(26)35/h8-12,16,18-19,23,27H,1,13-15,17H2,2-7H3,(H,39,45)(H,41,47)(H,42,44)/b22-10+/t18-,23+,27-/m1/s1. The van der Waals surface area contributed by atoms with Crippen molar-refractivity contribution in [2.24, 2.45) is 5.41 Å². The van der Waals surface area contributed by atoms with Gasteiger partial charge in [0.05, 0.1) is 22.3 Å². The van der Waals surface area contributed by atoms with Gasteiger partial charge < -0.3 is 25.0 Å². The molecule has 0 spiro atoms. The zero-order chi connectivity index (χ0) is 39.0. The van der Waals surface area contributed by atoms with Crippen molar-refractivity contribution in [2.75, 3.05) is 6.54 Å². The number of alkyl halides is 3. The fourth-order valence-electron chi connectivity index (χ4n) is 5.37. The fourth-order valence-corrected chi connectivity index (χ4v) is 6.88. The minimum atomic E-state index is -4.87. The van der Waals surface area contributed by atoms with Gasteiger partial charge in [-0.2, -0.15) is 13.2 Å². The Kier molecular flexibility index (Phi) is 11.6. The number of carbonyl (C=O) groups is 4. The number of nitrogens with zero attached hydrogens (tertiary/aromatic N) is 2. The largest absolute Gasteiger partial charge is 0.488 e. The predicted octanol–water partition coefficient (Wildman–Crippen LogP) is 4.99. The maximum absolute atomic E-state index is 14.3. The van der Waals surface area contributed by atoms with Gasteiger partial charge in [0.15, 0.2) is 0 Å². The van der Waals surface area contributed by atoms with Crippen LogP contribution >= 0.6 is 11.6 Å². The molecule has 1 saturated carbocycles. The van der Waals surface area contributed by atoms with E-state index in [0.717, 1.165) is 17.1 Å². The van der Waals surface area contributed by atoms with E-state index in [2.05, 4.69) is 22.2 Å². The van der Waals surface area contributed by atoms with Crippen molar-refractivity contribution < 1.29 is 50.2 Å². The summed E-state index contributed by atoms with van der Waals surface area (Å²) in [7, 11) is -4.02. The van der Waals surface area contributed by atoms with Crippen molar-refractivity contribution in [2.45, 2.75) is 96.0 Å². The number of likely N-dealkylation sites (tertiary alicyclic amines) is 1. The summed E-state index contributed by atoms with van der Waals surface area (Å²) >= 11 is 6.20. The lowest BCUT2D eigenvalue weighted by Gasteiger charge is -2.35. The van der Waals surface area contributed by atoms with Crippen molar-refractivity contribution in [3.8, 4) is 5.75 Å². The molecule has 4 rings (SSSR count). The predicted molar refractivity (Wildman–Crippen MR) is 185 cm³/mol. The van der Waals surface area contributed by atoms with Gasteiger partial charge in [-0.05, 0) is 57.2 Å². The number of hydrogen-bond acceptors (Lipinski definition) is 9. The van der Waals surface area contributed by atoms with E-state index in [1.54, 1.807) is 41.5 Å². The molecule has 2 heterocycles. The molecule has 13 nitrogen and oxygen atoms in total. The van der Waals surface area contributed by atoms with Crippen LogP contribution in [0.2, 0.25) is 5.02 Å². The second kappa shape index (κ2) is 14.9. The molecule has 1 aliphatic carbocycles. The van der Waals surface area contributed by atoms with Crippen LogP contribution in [0.5, 0.6) is 5.75 Å². The summed E-state index contributed by atoms with van der Waals surface area (Å²) in [6.45, 7) is 13.0. The first kappa shape index (κ1) is 40.4. The SMILES string of the molecule is C=C/C=C(/NC(=O)[C@@H]1C[C@@H](Oc2cc(C(F)(F)F)nc3c(Cl)cccc23)CN1C(=O)[C@@H](NC(=O)OC(C)(C)C)C(C)(C)C)C(=O)NS(=O)(=O)C1CC1. The van der Waals surface area contributed by atoms with Crippen LogP contribution in [-0.2, 0) is 35.3 Å². The Bertz CT molecular complexity index is 1900. The lowest BCUT2D eigenvalue weighted by atomic mass is 9.85. The highest BCUT2D eigenvalue weighted by molar-refractivity contribution is 7.91. The highest BCUT2D eigenvalue weighted by atomic mass is 35.5. The molecule has 0 unspecified atom stereocenters. The van der Waals surface area contributed by atoms with Gasteiger partial charge in [-0.1, -0.05) is 51.1 Å². The molecule has 2 aromatic rings. The molecule has 0 radical (unpaired) electrons. The molecule has 284 valence electrons. The number of allylic oxidation sites excluding steroid dienone is 2. The number of fused-ring (bicyclic) bond motifs is 1. The average molecular weight is 772 g/mol. The minimum Gasteiger partial charge on any atom is -0.488 e. The van der Waals surface area contributed by atoms with E-state index in [1.165, 1.54) is 18.2 Å². The summed E-state index contributed by atoms with van der Waals surface area (Å²) in [6.07, 6.45) is -4.26. The average Bonchev–Trinajstić information content (AvgIpc) is 3.79. The van der Waals surface area contributed by atoms with Crippen molar-refractivity contribution in [3.63, 3.8) is 0 Å². The Hall–Kier alpha value is -4.38. The van der Waals surface area contributed by atoms with Crippen LogP contribution in [0.4, 0.5) is 18.0 Å². The monoisotopic (exact) mass is 771 g/mol. The smallest absolute Gasteiger partial charge is 0.433 e. The summed E-state index contributed by atoms with van der Waals surface area (Å²) in [6, 6.07) is 2.28. The number of hydrogen-bond donors (Lipinski definition) is 3. The van der Waals surface area contributed by atoms with Gasteiger partial charge in [-0.25, -0.2) is 22.9 Å². The number of pyridine rings is 1. The van der Waals surface area contributed by atoms with Gasteiger partial charge in [0, 0.05) is 17.9 Å². The molecule has 1 aliphatic heterocycles. The molecule has 1 saturated heterocycles. The Morgan fingerprint density at radius 1 is 1.10 bits per heavy atom. The first-order chi connectivity index (χ1) is 23.9. The van der Waals surface area contributed by atoms with E-state index in [1.807, 2.05) is 4.72 Å². The Labute approximate surface area is 304 Å². The lowest BCUT2D eigenvalue weighted by molar-refractivity contribution is -0.142. The van der Waals surface area contributed by atoms with Crippen LogP contribution in [-0.4, -0.2) is 77.7 Å². The minimum absolute atomic E-state index is 0.0707. The molecule has 1 aromatic heterocycles. The molecule has 1 aromatic carbocycles. The number of halogens is 4. The maximum Gasteiger partial charge on any atom is 0.433 e. The third-order valence-electron chi connectivity index (χ3n) is 7.94. The van der Waals surface area contributed by atoms with E-state index in [-0.39, 0.29) is 34.6 Å². The van der Waals surface area contributed by atoms with Crippen LogP contribution in [0, 0.1) is 5.41 Å². The number of rotatable bonds is 10. The van der Waals surface area contributed by atoms with Crippen molar-refractivity contribution in [1.82, 2.24) is 25.2 Å². The Balaban J connectivity index is 1.72. The summed E-state index contributed by atoms with van der Waals surface area (Å²) < 4.78 is 80.0. The van der Waals surface area contributed by atoms with Crippen molar-refractivity contribution in [1.29, 1.82) is 0 Å². The van der Waals surface area contributed by atoms with Crippen LogP contribution in [0.1, 0.15) is 66.5 Å². The second-order valence-corrected chi connectivity index (χ2v) is 16.9. The van der Waals surface area contributed by atoms with E-state index in [0.29, 0.717) is 18.9 Å². The number of ether oxygens (including phenoxy) is 2. The number of aromatic nitrogens is 1. The number of carbonyl (C=O) groups excluding carboxylic acids is 4. The highest BCUT2D eigenvalue weighted by Crippen LogP contribution is 2.38. The molecule has 3 N–H and O–H groups in total. The summed E-state index contributed by atoms with van der Waals surface area (Å²) in [5, 5.41) is 4.24. The van der Waals surface area contributed by atoms with Crippen LogP contribution in [0.3, 0.4) is 0 Å². The number of alkyl carbamates (subject to hydrolysis) is 1. The third-order valence-corrected chi connectivity index (χ3v) is 10.1. The van der Waals surface area contributed by atoms with Gasteiger partial charge in [-0.3, -0.25) is 14.4 Å². The maximum atomic E-state index is 14.3. The molecular formula is C34H41ClF3N5O8S. The summed E-state index contributed by atoms with van der Waals surface area (Å²) in [5.74, 6) is -3.13. The topological polar surface area (TPSA) is 173 Å².